The van der Waals surface area contributed by atoms with Gasteiger partial charge in [-0.15, -0.1) is 0 Å². The van der Waals surface area contributed by atoms with Crippen molar-refractivity contribution < 1.29 is 14.0 Å². The topological polar surface area (TPSA) is 53.5 Å². The largest absolute Gasteiger partial charge is 0.339 e. The molecule has 0 N–H and O–H groups in total. The quantitative estimate of drug-likeness (QED) is 0.801. The number of pyridine rings is 1. The first-order valence-electron chi connectivity index (χ1n) is 8.30. The highest BCUT2D eigenvalue weighted by Crippen LogP contribution is 2.47. The lowest BCUT2D eigenvalue weighted by Gasteiger charge is -2.38. The Bertz CT molecular complexity index is 845. The van der Waals surface area contributed by atoms with E-state index in [9.17, 15) is 14.0 Å². The third-order valence-electron chi connectivity index (χ3n) is 5.36. The lowest BCUT2D eigenvalue weighted by molar-refractivity contribution is -0.124. The average molecular weight is 339 g/mol. The van der Waals surface area contributed by atoms with Gasteiger partial charge in [-0.25, -0.2) is 4.39 Å². The number of amides is 2. The molecule has 128 valence electrons. The first-order chi connectivity index (χ1) is 12.0. The molecule has 1 saturated heterocycles. The Labute approximate surface area is 145 Å². The molecule has 1 aromatic heterocycles. The smallest absolute Gasteiger partial charge is 0.255 e. The predicted octanol–water partition coefficient (Wildman–Crippen LogP) is 2.37. The van der Waals surface area contributed by atoms with Gasteiger partial charge in [0.25, 0.3) is 5.91 Å². The van der Waals surface area contributed by atoms with Crippen LogP contribution in [0.1, 0.15) is 28.8 Å². The molecular weight excluding hydrogens is 321 g/mol. The molecule has 0 unspecified atom stereocenters. The molecular formula is C19H18FN3O2. The molecule has 2 aromatic rings. The van der Waals surface area contributed by atoms with Crippen LogP contribution in [0.25, 0.3) is 0 Å². The van der Waals surface area contributed by atoms with Crippen LogP contribution in [-0.4, -0.2) is 41.8 Å². The Kier molecular flexibility index (Phi) is 3.56. The van der Waals surface area contributed by atoms with Crippen LogP contribution in [0.4, 0.5) is 10.1 Å². The van der Waals surface area contributed by atoms with Gasteiger partial charge in [0.15, 0.2) is 0 Å². The Hall–Kier alpha value is -2.76. The van der Waals surface area contributed by atoms with Gasteiger partial charge >= 0.3 is 0 Å². The molecule has 0 radical (unpaired) electrons. The number of rotatable bonds is 1. The number of hydrogen-bond donors (Lipinski definition) is 0. The van der Waals surface area contributed by atoms with Crippen molar-refractivity contribution in [2.24, 2.45) is 0 Å². The molecule has 0 saturated carbocycles. The van der Waals surface area contributed by atoms with Crippen LogP contribution < -0.4 is 4.90 Å². The molecule has 2 amide bonds. The van der Waals surface area contributed by atoms with Crippen molar-refractivity contribution in [3.63, 3.8) is 0 Å². The van der Waals surface area contributed by atoms with E-state index in [-0.39, 0.29) is 17.6 Å². The molecule has 6 heteroatoms. The molecule has 2 aliphatic rings. The number of halogens is 1. The van der Waals surface area contributed by atoms with E-state index in [1.54, 1.807) is 47.4 Å². The second kappa shape index (κ2) is 5.65. The molecule has 1 fully saturated rings. The van der Waals surface area contributed by atoms with Crippen molar-refractivity contribution in [1.82, 2.24) is 9.88 Å². The molecule has 1 aromatic carbocycles. The van der Waals surface area contributed by atoms with Crippen LogP contribution in [0.3, 0.4) is 0 Å². The average Bonchev–Trinajstić information content (AvgIpc) is 2.84. The van der Waals surface area contributed by atoms with Crippen LogP contribution in [0.5, 0.6) is 0 Å². The molecule has 4 rings (SSSR count). The summed E-state index contributed by atoms with van der Waals surface area (Å²) in [6.07, 6.45) is 4.17. The van der Waals surface area contributed by atoms with Crippen LogP contribution in [-0.2, 0) is 10.2 Å². The Morgan fingerprint density at radius 1 is 1.24 bits per heavy atom. The maximum Gasteiger partial charge on any atom is 0.255 e. The molecule has 0 aliphatic carbocycles. The van der Waals surface area contributed by atoms with Crippen LogP contribution >= 0.6 is 0 Å². The van der Waals surface area contributed by atoms with E-state index in [1.807, 2.05) is 0 Å². The van der Waals surface area contributed by atoms with Gasteiger partial charge in [0, 0.05) is 38.2 Å². The fourth-order valence-electron chi connectivity index (χ4n) is 3.98. The minimum Gasteiger partial charge on any atom is -0.339 e. The minimum atomic E-state index is -0.724. The second-order valence-corrected chi connectivity index (χ2v) is 6.64. The number of nitrogens with zero attached hydrogens (tertiary/aromatic N) is 3. The number of anilines is 1. The maximum atomic E-state index is 13.8. The van der Waals surface area contributed by atoms with E-state index in [2.05, 4.69) is 4.98 Å². The lowest BCUT2D eigenvalue weighted by Crippen LogP contribution is -2.49. The molecule has 2 aliphatic heterocycles. The summed E-state index contributed by atoms with van der Waals surface area (Å²) < 4.78 is 13.8. The molecule has 25 heavy (non-hydrogen) atoms. The summed E-state index contributed by atoms with van der Waals surface area (Å²) in [5, 5.41) is 0. The first-order valence-corrected chi connectivity index (χ1v) is 8.30. The molecule has 0 bridgehead atoms. The van der Waals surface area contributed by atoms with Crippen molar-refractivity contribution in [3.05, 3.63) is 59.7 Å². The lowest BCUT2D eigenvalue weighted by atomic mass is 9.73. The summed E-state index contributed by atoms with van der Waals surface area (Å²) in [6, 6.07) is 7.97. The first kappa shape index (κ1) is 15.7. The predicted molar refractivity (Wildman–Crippen MR) is 90.9 cm³/mol. The zero-order chi connectivity index (χ0) is 17.6. The Balaban J connectivity index is 1.60. The number of carbonyl (C=O) groups is 2. The van der Waals surface area contributed by atoms with Crippen molar-refractivity contribution >= 4 is 17.5 Å². The SMILES string of the molecule is CN1C(=O)C2(CCN(C(=O)c3cccnc3)CC2)c2cc(F)ccc21. The third-order valence-corrected chi connectivity index (χ3v) is 5.36. The van der Waals surface area contributed by atoms with E-state index in [0.29, 0.717) is 31.5 Å². The highest BCUT2D eigenvalue weighted by molar-refractivity contribution is 6.08. The normalized spacial score (nSPS) is 18.6. The number of likely N-dealkylation sites (tertiary alicyclic amines) is 1. The Morgan fingerprint density at radius 3 is 2.68 bits per heavy atom. The summed E-state index contributed by atoms with van der Waals surface area (Å²) in [6.45, 7) is 0.923. The van der Waals surface area contributed by atoms with Crippen LogP contribution in [0.15, 0.2) is 42.7 Å². The molecule has 5 nitrogen and oxygen atoms in total. The Morgan fingerprint density at radius 2 is 2.00 bits per heavy atom. The summed E-state index contributed by atoms with van der Waals surface area (Å²) in [7, 11) is 1.72. The fourth-order valence-corrected chi connectivity index (χ4v) is 3.98. The fraction of sp³-hybridized carbons (Fsp3) is 0.316. The number of piperidine rings is 1. The number of carbonyl (C=O) groups excluding carboxylic acids is 2. The monoisotopic (exact) mass is 339 g/mol. The standard InChI is InChI=1S/C19H18FN3O2/c1-22-16-5-4-14(20)11-15(16)19(18(22)25)6-9-23(10-7-19)17(24)13-3-2-8-21-12-13/h2-5,8,11-12H,6-7,9-10H2,1H3. The second-order valence-electron chi connectivity index (χ2n) is 6.64. The highest BCUT2D eigenvalue weighted by atomic mass is 19.1. The van der Waals surface area contributed by atoms with E-state index in [0.717, 1.165) is 11.3 Å². The van der Waals surface area contributed by atoms with Crippen LogP contribution in [0.2, 0.25) is 0 Å². The van der Waals surface area contributed by atoms with E-state index in [4.69, 9.17) is 0 Å². The van der Waals surface area contributed by atoms with Crippen molar-refractivity contribution in [1.29, 1.82) is 0 Å². The van der Waals surface area contributed by atoms with Crippen molar-refractivity contribution in [2.75, 3.05) is 25.0 Å². The molecule has 0 atom stereocenters. The zero-order valence-electron chi connectivity index (χ0n) is 13.9. The highest BCUT2D eigenvalue weighted by Gasteiger charge is 2.51. The maximum absolute atomic E-state index is 13.8. The zero-order valence-corrected chi connectivity index (χ0v) is 13.9. The van der Waals surface area contributed by atoms with Gasteiger partial charge in [0.05, 0.1) is 11.0 Å². The van der Waals surface area contributed by atoms with Crippen LogP contribution in [0, 0.1) is 5.82 Å². The summed E-state index contributed by atoms with van der Waals surface area (Å²) in [5.74, 6) is -0.433. The summed E-state index contributed by atoms with van der Waals surface area (Å²) in [5.41, 5.74) is 1.32. The van der Waals surface area contributed by atoms with Gasteiger partial charge in [-0.2, -0.15) is 0 Å². The van der Waals surface area contributed by atoms with Gasteiger partial charge in [-0.3, -0.25) is 14.6 Å². The van der Waals surface area contributed by atoms with E-state index >= 15 is 0 Å². The van der Waals surface area contributed by atoms with Gasteiger partial charge in [-0.1, -0.05) is 0 Å². The van der Waals surface area contributed by atoms with Gasteiger partial charge in [0.1, 0.15) is 5.82 Å². The minimum absolute atomic E-state index is 0.0124. The van der Waals surface area contributed by atoms with Gasteiger partial charge in [-0.05, 0) is 48.7 Å². The number of benzene rings is 1. The van der Waals surface area contributed by atoms with Gasteiger partial charge in [0.2, 0.25) is 5.91 Å². The summed E-state index contributed by atoms with van der Waals surface area (Å²) in [4.78, 5) is 32.8. The molecule has 1 spiro atoms. The number of hydrogen-bond acceptors (Lipinski definition) is 3. The van der Waals surface area contributed by atoms with E-state index < -0.39 is 5.41 Å². The van der Waals surface area contributed by atoms with Crippen molar-refractivity contribution in [2.45, 2.75) is 18.3 Å². The third kappa shape index (κ3) is 2.32. The van der Waals surface area contributed by atoms with Gasteiger partial charge < -0.3 is 9.80 Å². The number of fused-ring (bicyclic) bond motifs is 2. The van der Waals surface area contributed by atoms with Crippen molar-refractivity contribution in [3.8, 4) is 0 Å². The molecule has 3 heterocycles. The number of likely N-dealkylation sites (N-methyl/N-ethyl adjacent to an activating group) is 1. The van der Waals surface area contributed by atoms with E-state index in [1.165, 1.54) is 12.1 Å². The number of aromatic nitrogens is 1. The summed E-state index contributed by atoms with van der Waals surface area (Å²) >= 11 is 0.